The van der Waals surface area contributed by atoms with Crippen LogP contribution < -0.4 is 0 Å². The van der Waals surface area contributed by atoms with Crippen LogP contribution in [0.15, 0.2) is 30.3 Å². The molecule has 2 nitrogen and oxygen atoms in total. The Bertz CT molecular complexity index is 332. The summed E-state index contributed by atoms with van der Waals surface area (Å²) >= 11 is 0. The van der Waals surface area contributed by atoms with E-state index >= 15 is 0 Å². The third-order valence-electron chi connectivity index (χ3n) is 3.26. The number of benzene rings is 1. The lowest BCUT2D eigenvalue weighted by atomic mass is 9.75. The summed E-state index contributed by atoms with van der Waals surface area (Å²) in [5, 5.41) is 10.2. The van der Waals surface area contributed by atoms with Crippen LogP contribution in [0.3, 0.4) is 0 Å². The Hall–Kier alpha value is -1.15. The second kappa shape index (κ2) is 4.58. The van der Waals surface area contributed by atoms with Crippen molar-refractivity contribution in [3.8, 4) is 0 Å². The van der Waals surface area contributed by atoms with Gasteiger partial charge in [-0.25, -0.2) is 0 Å². The van der Waals surface area contributed by atoms with Gasteiger partial charge in [-0.15, -0.1) is 0 Å². The highest BCUT2D eigenvalue weighted by molar-refractivity contribution is 5.82. The third-order valence-corrected chi connectivity index (χ3v) is 3.26. The van der Waals surface area contributed by atoms with Crippen molar-refractivity contribution in [2.75, 3.05) is 0 Å². The molecule has 0 saturated heterocycles. The number of carbonyl (C=O) groups is 1. The first kappa shape index (κ1) is 11.9. The van der Waals surface area contributed by atoms with E-state index in [1.165, 1.54) is 6.92 Å². The molecule has 0 aromatic heterocycles. The number of ketones is 1. The molecular formula is C13H18O2. The highest BCUT2D eigenvalue weighted by atomic mass is 16.3. The van der Waals surface area contributed by atoms with Crippen molar-refractivity contribution in [3.05, 3.63) is 35.9 Å². The van der Waals surface area contributed by atoms with E-state index in [-0.39, 0.29) is 5.78 Å². The van der Waals surface area contributed by atoms with Crippen molar-refractivity contribution in [2.45, 2.75) is 33.3 Å². The van der Waals surface area contributed by atoms with Crippen LogP contribution in [0.2, 0.25) is 0 Å². The van der Waals surface area contributed by atoms with E-state index in [9.17, 15) is 9.90 Å². The maximum absolute atomic E-state index is 11.6. The molecule has 0 fully saturated rings. The summed E-state index contributed by atoms with van der Waals surface area (Å²) in [5.74, 6) is 0.0290. The summed E-state index contributed by atoms with van der Waals surface area (Å²) in [6.45, 7) is 5.27. The minimum atomic E-state index is -0.721. The van der Waals surface area contributed by atoms with Crippen LogP contribution in [0.1, 0.15) is 38.9 Å². The van der Waals surface area contributed by atoms with Crippen molar-refractivity contribution in [3.63, 3.8) is 0 Å². The van der Waals surface area contributed by atoms with Gasteiger partial charge in [-0.3, -0.25) is 4.79 Å². The highest BCUT2D eigenvalue weighted by Gasteiger charge is 2.36. The fraction of sp³-hybridized carbons (Fsp3) is 0.462. The van der Waals surface area contributed by atoms with Crippen molar-refractivity contribution in [1.82, 2.24) is 0 Å². The first-order valence-corrected chi connectivity index (χ1v) is 5.26. The van der Waals surface area contributed by atoms with Gasteiger partial charge in [-0.1, -0.05) is 37.3 Å². The second-order valence-corrected chi connectivity index (χ2v) is 4.14. The summed E-state index contributed by atoms with van der Waals surface area (Å²) in [6, 6.07) is 9.33. The quantitative estimate of drug-likeness (QED) is 0.822. The molecule has 0 aliphatic heterocycles. The minimum absolute atomic E-state index is 0.0290. The number of aliphatic hydroxyl groups is 1. The van der Waals surface area contributed by atoms with Gasteiger partial charge in [0.15, 0.2) is 0 Å². The molecule has 1 aromatic carbocycles. The molecule has 15 heavy (non-hydrogen) atoms. The Balaban J connectivity index is 3.02. The van der Waals surface area contributed by atoms with E-state index in [2.05, 4.69) is 0 Å². The summed E-state index contributed by atoms with van der Waals surface area (Å²) in [4.78, 5) is 11.6. The van der Waals surface area contributed by atoms with Crippen molar-refractivity contribution in [2.24, 2.45) is 5.41 Å². The smallest absolute Gasteiger partial charge is 0.138 e. The Labute approximate surface area is 90.9 Å². The molecule has 0 aliphatic carbocycles. The average Bonchev–Trinajstić information content (AvgIpc) is 2.28. The van der Waals surface area contributed by atoms with Gasteiger partial charge in [0.25, 0.3) is 0 Å². The molecule has 0 aliphatic rings. The van der Waals surface area contributed by atoms with Gasteiger partial charge in [-0.2, -0.15) is 0 Å². The molecule has 1 N–H and O–H groups in total. The van der Waals surface area contributed by atoms with Gasteiger partial charge >= 0.3 is 0 Å². The molecule has 0 unspecified atom stereocenters. The summed E-state index contributed by atoms with van der Waals surface area (Å²) in [6.07, 6.45) is -0.0838. The van der Waals surface area contributed by atoms with Crippen LogP contribution in [-0.2, 0) is 4.79 Å². The molecule has 0 amide bonds. The van der Waals surface area contributed by atoms with E-state index < -0.39 is 11.5 Å². The average molecular weight is 206 g/mol. The Morgan fingerprint density at radius 3 is 2.33 bits per heavy atom. The summed E-state index contributed by atoms with van der Waals surface area (Å²) in [5.41, 5.74) is 0.124. The number of Topliss-reactive ketones (excluding diaryl/α,β-unsaturated/α-hetero) is 1. The molecule has 2 atom stereocenters. The van der Waals surface area contributed by atoms with Crippen LogP contribution in [-0.4, -0.2) is 10.9 Å². The zero-order valence-electron chi connectivity index (χ0n) is 9.53. The van der Waals surface area contributed by atoms with E-state index in [1.807, 2.05) is 44.2 Å². The molecule has 0 radical (unpaired) electrons. The van der Waals surface area contributed by atoms with Gasteiger partial charge in [-0.05, 0) is 25.8 Å². The van der Waals surface area contributed by atoms with Crippen LogP contribution in [0.25, 0.3) is 0 Å². The normalized spacial score (nSPS) is 16.8. The largest absolute Gasteiger partial charge is 0.387 e. The van der Waals surface area contributed by atoms with E-state index in [0.29, 0.717) is 6.42 Å². The maximum atomic E-state index is 11.6. The van der Waals surface area contributed by atoms with Crippen molar-refractivity contribution >= 4 is 5.78 Å². The van der Waals surface area contributed by atoms with Gasteiger partial charge < -0.3 is 5.11 Å². The lowest BCUT2D eigenvalue weighted by molar-refractivity contribution is -0.132. The Morgan fingerprint density at radius 1 is 1.40 bits per heavy atom. The zero-order valence-corrected chi connectivity index (χ0v) is 9.53. The van der Waals surface area contributed by atoms with E-state index in [1.54, 1.807) is 0 Å². The predicted molar refractivity (Wildman–Crippen MR) is 60.5 cm³/mol. The highest BCUT2D eigenvalue weighted by Crippen LogP contribution is 2.37. The fourth-order valence-electron chi connectivity index (χ4n) is 1.64. The van der Waals surface area contributed by atoms with Gasteiger partial charge in [0.05, 0.1) is 11.5 Å². The van der Waals surface area contributed by atoms with E-state index in [4.69, 9.17) is 0 Å². The van der Waals surface area contributed by atoms with Gasteiger partial charge in [0.2, 0.25) is 0 Å². The maximum Gasteiger partial charge on any atom is 0.138 e. The number of hydrogen-bond acceptors (Lipinski definition) is 2. The van der Waals surface area contributed by atoms with Gasteiger partial charge in [0, 0.05) is 0 Å². The minimum Gasteiger partial charge on any atom is -0.387 e. The van der Waals surface area contributed by atoms with Crippen molar-refractivity contribution in [1.29, 1.82) is 0 Å². The number of carbonyl (C=O) groups excluding carboxylic acids is 1. The molecule has 0 saturated carbocycles. The topological polar surface area (TPSA) is 37.3 Å². The van der Waals surface area contributed by atoms with Crippen LogP contribution in [0, 0.1) is 5.41 Å². The molecule has 1 rings (SSSR count). The molecule has 0 spiro atoms. The molecule has 82 valence electrons. The van der Waals surface area contributed by atoms with Gasteiger partial charge in [0.1, 0.15) is 5.78 Å². The lowest BCUT2D eigenvalue weighted by Crippen LogP contribution is -2.32. The fourth-order valence-corrected chi connectivity index (χ4v) is 1.64. The Morgan fingerprint density at radius 2 is 1.93 bits per heavy atom. The number of rotatable bonds is 4. The van der Waals surface area contributed by atoms with Crippen LogP contribution in [0.4, 0.5) is 0 Å². The first-order chi connectivity index (χ1) is 7.02. The monoisotopic (exact) mass is 206 g/mol. The molecule has 1 aromatic rings. The van der Waals surface area contributed by atoms with Crippen LogP contribution >= 0.6 is 0 Å². The summed E-state index contributed by atoms with van der Waals surface area (Å²) < 4.78 is 0. The second-order valence-electron chi connectivity index (χ2n) is 4.14. The molecule has 0 bridgehead atoms. The van der Waals surface area contributed by atoms with E-state index in [0.717, 1.165) is 5.56 Å². The lowest BCUT2D eigenvalue weighted by Gasteiger charge is -2.31. The Kier molecular flexibility index (Phi) is 3.64. The summed E-state index contributed by atoms with van der Waals surface area (Å²) in [7, 11) is 0. The SMILES string of the molecule is CC[C@@](C)(C(C)=O)[C@@H](O)c1ccccc1. The number of hydrogen-bond donors (Lipinski definition) is 1. The van der Waals surface area contributed by atoms with Crippen molar-refractivity contribution < 1.29 is 9.90 Å². The third kappa shape index (κ3) is 2.26. The number of aliphatic hydroxyl groups excluding tert-OH is 1. The standard InChI is InChI=1S/C13H18O2/c1-4-13(3,10(2)14)12(15)11-8-6-5-7-9-11/h5-9,12,15H,4H2,1-3H3/t12-,13-/m0/s1. The molecule has 2 heteroatoms. The zero-order chi connectivity index (χ0) is 11.5. The predicted octanol–water partition coefficient (Wildman–Crippen LogP) is 2.73. The van der Waals surface area contributed by atoms with Crippen LogP contribution in [0.5, 0.6) is 0 Å². The molecule has 0 heterocycles. The first-order valence-electron chi connectivity index (χ1n) is 5.26. The molecular weight excluding hydrogens is 188 g/mol.